The quantitative estimate of drug-likeness (QED) is 0.205. The van der Waals surface area contributed by atoms with E-state index in [4.69, 9.17) is 15.2 Å². The molecular formula is C34H34FN3O5. The summed E-state index contributed by atoms with van der Waals surface area (Å²) in [5.41, 5.74) is 8.95. The predicted octanol–water partition coefficient (Wildman–Crippen LogP) is 4.24. The number of amides is 3. The fraction of sp³-hybridized carbons (Fsp3) is 0.206. The Morgan fingerprint density at radius 1 is 0.674 bits per heavy atom. The fourth-order valence-corrected chi connectivity index (χ4v) is 4.42. The van der Waals surface area contributed by atoms with Crippen LogP contribution in [-0.4, -0.2) is 29.8 Å². The van der Waals surface area contributed by atoms with E-state index >= 15 is 0 Å². The lowest BCUT2D eigenvalue weighted by molar-refractivity contribution is -0.130. The van der Waals surface area contributed by atoms with Crippen LogP contribution in [0.1, 0.15) is 29.2 Å². The van der Waals surface area contributed by atoms with Gasteiger partial charge in [-0.05, 0) is 46.5 Å². The van der Waals surface area contributed by atoms with Gasteiger partial charge in [0.05, 0.1) is 0 Å². The van der Waals surface area contributed by atoms with Gasteiger partial charge in [0.1, 0.15) is 31.1 Å². The molecule has 222 valence electrons. The second kappa shape index (κ2) is 15.2. The maximum Gasteiger partial charge on any atom is 0.243 e. The first-order valence-electron chi connectivity index (χ1n) is 13.8. The van der Waals surface area contributed by atoms with Crippen LogP contribution in [0, 0.1) is 5.82 Å². The molecular weight excluding hydrogens is 549 g/mol. The molecule has 4 rings (SSSR count). The molecule has 8 nitrogen and oxygen atoms in total. The molecule has 0 aliphatic heterocycles. The molecule has 4 aromatic carbocycles. The third kappa shape index (κ3) is 9.71. The second-order valence-corrected chi connectivity index (χ2v) is 10.1. The summed E-state index contributed by atoms with van der Waals surface area (Å²) in [7, 11) is 0. The van der Waals surface area contributed by atoms with Gasteiger partial charge in [0.15, 0.2) is 11.5 Å². The van der Waals surface area contributed by atoms with Gasteiger partial charge in [0.2, 0.25) is 17.7 Å². The van der Waals surface area contributed by atoms with Crippen molar-refractivity contribution in [2.45, 2.75) is 45.1 Å². The number of halogens is 1. The van der Waals surface area contributed by atoms with Gasteiger partial charge >= 0.3 is 0 Å². The molecule has 9 heteroatoms. The van der Waals surface area contributed by atoms with E-state index in [1.165, 1.54) is 31.2 Å². The highest BCUT2D eigenvalue weighted by atomic mass is 19.1. The zero-order chi connectivity index (χ0) is 30.6. The van der Waals surface area contributed by atoms with Crippen LogP contribution in [0.15, 0.2) is 103 Å². The van der Waals surface area contributed by atoms with E-state index in [0.29, 0.717) is 35.8 Å². The van der Waals surface area contributed by atoms with Crippen molar-refractivity contribution in [3.05, 3.63) is 131 Å². The molecule has 0 bridgehead atoms. The largest absolute Gasteiger partial charge is 0.485 e. The molecule has 2 atom stereocenters. The zero-order valence-electron chi connectivity index (χ0n) is 23.8. The Hall–Kier alpha value is -5.18. The van der Waals surface area contributed by atoms with Crippen molar-refractivity contribution >= 4 is 17.7 Å². The summed E-state index contributed by atoms with van der Waals surface area (Å²) < 4.78 is 25.5. The van der Waals surface area contributed by atoms with Crippen LogP contribution in [0.3, 0.4) is 0 Å². The van der Waals surface area contributed by atoms with Crippen LogP contribution < -0.4 is 25.8 Å². The smallest absolute Gasteiger partial charge is 0.243 e. The minimum absolute atomic E-state index is 0.0745. The number of primary amides is 1. The van der Waals surface area contributed by atoms with E-state index in [-0.39, 0.29) is 12.8 Å². The molecule has 4 aromatic rings. The van der Waals surface area contributed by atoms with Gasteiger partial charge in [0, 0.05) is 19.8 Å². The Morgan fingerprint density at radius 3 is 1.77 bits per heavy atom. The van der Waals surface area contributed by atoms with Crippen LogP contribution in [0.4, 0.5) is 4.39 Å². The summed E-state index contributed by atoms with van der Waals surface area (Å²) in [5, 5.41) is 5.26. The molecule has 0 saturated heterocycles. The van der Waals surface area contributed by atoms with Crippen molar-refractivity contribution in [1.29, 1.82) is 0 Å². The molecule has 0 aromatic heterocycles. The standard InChI is InChI=1S/C34H34FN3O5/c1-23(39)37-30(18-24-12-15-28(35)16-13-24)34(41)38-29(33(36)40)19-27-14-17-31(42-21-25-8-4-2-5-9-25)32(20-27)43-22-26-10-6-3-7-11-26/h2-17,20,29-30H,18-19,21-22H2,1H3,(H2,36,40)(H,37,39)(H,38,41)/t29-,30-/m1/s1. The Labute approximate surface area is 250 Å². The van der Waals surface area contributed by atoms with Gasteiger partial charge in [-0.25, -0.2) is 4.39 Å². The van der Waals surface area contributed by atoms with Crippen LogP contribution in [-0.2, 0) is 40.4 Å². The number of hydrogen-bond acceptors (Lipinski definition) is 5. The summed E-state index contributed by atoms with van der Waals surface area (Å²) in [6.45, 7) is 1.92. The van der Waals surface area contributed by atoms with E-state index in [2.05, 4.69) is 10.6 Å². The monoisotopic (exact) mass is 583 g/mol. The van der Waals surface area contributed by atoms with Gasteiger partial charge in [-0.2, -0.15) is 0 Å². The normalized spacial score (nSPS) is 12.0. The van der Waals surface area contributed by atoms with Gasteiger partial charge < -0.3 is 25.8 Å². The molecule has 3 amide bonds. The molecule has 0 aliphatic carbocycles. The van der Waals surface area contributed by atoms with Crippen LogP contribution >= 0.6 is 0 Å². The summed E-state index contributed by atoms with van der Waals surface area (Å²) in [6, 6.07) is 28.2. The SMILES string of the molecule is CC(=O)N[C@H](Cc1ccc(F)cc1)C(=O)N[C@H](Cc1ccc(OCc2ccccc2)c(OCc2ccccc2)c1)C(N)=O. The number of ether oxygens (including phenoxy) is 2. The predicted molar refractivity (Wildman–Crippen MR) is 161 cm³/mol. The highest BCUT2D eigenvalue weighted by molar-refractivity contribution is 5.91. The highest BCUT2D eigenvalue weighted by Gasteiger charge is 2.26. The molecule has 0 saturated carbocycles. The highest BCUT2D eigenvalue weighted by Crippen LogP contribution is 2.30. The molecule has 0 spiro atoms. The Balaban J connectivity index is 1.50. The summed E-state index contributed by atoms with van der Waals surface area (Å²) in [4.78, 5) is 37.4. The second-order valence-electron chi connectivity index (χ2n) is 10.1. The minimum Gasteiger partial charge on any atom is -0.485 e. The topological polar surface area (TPSA) is 120 Å². The van der Waals surface area contributed by atoms with E-state index in [1.807, 2.05) is 60.7 Å². The summed E-state index contributed by atoms with van der Waals surface area (Å²) >= 11 is 0. The van der Waals surface area contributed by atoms with Gasteiger partial charge in [-0.15, -0.1) is 0 Å². The first-order valence-corrected chi connectivity index (χ1v) is 13.8. The van der Waals surface area contributed by atoms with Gasteiger partial charge in [0.25, 0.3) is 0 Å². The molecule has 0 unspecified atom stereocenters. The van der Waals surface area contributed by atoms with Crippen molar-refractivity contribution in [3.8, 4) is 11.5 Å². The first-order chi connectivity index (χ1) is 20.8. The molecule has 4 N–H and O–H groups in total. The van der Waals surface area contributed by atoms with Gasteiger partial charge in [-0.3, -0.25) is 14.4 Å². The minimum atomic E-state index is -1.07. The number of hydrogen-bond donors (Lipinski definition) is 3. The van der Waals surface area contributed by atoms with E-state index in [0.717, 1.165) is 11.1 Å². The lowest BCUT2D eigenvalue weighted by Crippen LogP contribution is -2.54. The summed E-state index contributed by atoms with van der Waals surface area (Å²) in [5.74, 6) is -1.18. The molecule has 43 heavy (non-hydrogen) atoms. The maximum absolute atomic E-state index is 13.4. The molecule has 0 heterocycles. The third-order valence-electron chi connectivity index (χ3n) is 6.63. The van der Waals surface area contributed by atoms with Crippen LogP contribution in [0.5, 0.6) is 11.5 Å². The fourth-order valence-electron chi connectivity index (χ4n) is 4.42. The molecule has 0 fully saturated rings. The lowest BCUT2D eigenvalue weighted by atomic mass is 10.0. The van der Waals surface area contributed by atoms with E-state index in [1.54, 1.807) is 18.2 Å². The number of carbonyl (C=O) groups is 3. The van der Waals surface area contributed by atoms with Crippen molar-refractivity contribution in [2.24, 2.45) is 5.73 Å². The number of nitrogens with one attached hydrogen (secondary N) is 2. The van der Waals surface area contributed by atoms with Crippen LogP contribution in [0.2, 0.25) is 0 Å². The number of carbonyl (C=O) groups excluding carboxylic acids is 3. The molecule has 0 radical (unpaired) electrons. The van der Waals surface area contributed by atoms with Crippen molar-refractivity contribution in [2.75, 3.05) is 0 Å². The van der Waals surface area contributed by atoms with E-state index < -0.39 is 35.6 Å². The first kappa shape index (κ1) is 30.8. The molecule has 0 aliphatic rings. The average Bonchev–Trinajstić information content (AvgIpc) is 3.00. The summed E-state index contributed by atoms with van der Waals surface area (Å²) in [6.07, 6.45) is 0.174. The van der Waals surface area contributed by atoms with Crippen molar-refractivity contribution < 1.29 is 28.2 Å². The Kier molecular flexibility index (Phi) is 10.9. The van der Waals surface area contributed by atoms with Crippen molar-refractivity contribution in [1.82, 2.24) is 10.6 Å². The average molecular weight is 584 g/mol. The lowest BCUT2D eigenvalue weighted by Gasteiger charge is -2.22. The Morgan fingerprint density at radius 2 is 1.21 bits per heavy atom. The number of nitrogens with two attached hydrogens (primary N) is 1. The maximum atomic E-state index is 13.4. The number of rotatable bonds is 14. The number of benzene rings is 4. The third-order valence-corrected chi connectivity index (χ3v) is 6.63. The van der Waals surface area contributed by atoms with E-state index in [9.17, 15) is 18.8 Å². The zero-order valence-corrected chi connectivity index (χ0v) is 23.8. The Bertz CT molecular complexity index is 1510. The van der Waals surface area contributed by atoms with Crippen molar-refractivity contribution in [3.63, 3.8) is 0 Å². The van der Waals surface area contributed by atoms with Gasteiger partial charge in [-0.1, -0.05) is 78.9 Å². The van der Waals surface area contributed by atoms with Crippen LogP contribution in [0.25, 0.3) is 0 Å².